The van der Waals surface area contributed by atoms with E-state index < -0.39 is 0 Å². The maximum atomic E-state index is 4.22. The number of nitrogens with one attached hydrogen (secondary N) is 1. The second kappa shape index (κ2) is 32.1. The minimum Gasteiger partial charge on any atom is -0.354 e. The zero-order valence-corrected chi connectivity index (χ0v) is 39.2. The molecule has 7 nitrogen and oxygen atoms in total. The quantitative estimate of drug-likeness (QED) is 0.126. The summed E-state index contributed by atoms with van der Waals surface area (Å²) in [6.07, 6.45) is 24.2. The molecule has 1 N–H and O–H groups in total. The Morgan fingerprint density at radius 1 is 0.508 bits per heavy atom. The molecular weight excluding hydrogens is 723 g/mol. The SMILES string of the molecule is CC(C)CCn1cccc1.CC(C)Cc1ccccc1.CC(C)Cc1ccccn1.CC(C)Cc1cccnc1.CC(C)Cc1cn(C)cn1.CC(C)Cc1cnc[nH]1. The maximum Gasteiger partial charge on any atom is 0.0946 e. The third-order valence-corrected chi connectivity index (χ3v) is 8.39. The van der Waals surface area contributed by atoms with E-state index in [2.05, 4.69) is 186 Å². The molecule has 5 heterocycles. The Kier molecular flexibility index (Phi) is 28.4. The van der Waals surface area contributed by atoms with Crippen molar-refractivity contribution in [2.45, 2.75) is 128 Å². The van der Waals surface area contributed by atoms with Gasteiger partial charge < -0.3 is 14.1 Å². The maximum absolute atomic E-state index is 4.22. The fourth-order valence-electron chi connectivity index (χ4n) is 5.77. The molecule has 0 unspecified atom stereocenters. The Morgan fingerprint density at radius 3 is 1.56 bits per heavy atom. The van der Waals surface area contributed by atoms with Crippen LogP contribution in [0.15, 0.2) is 129 Å². The van der Waals surface area contributed by atoms with Crippen LogP contribution in [0.4, 0.5) is 0 Å². The van der Waals surface area contributed by atoms with E-state index in [1.807, 2.05) is 60.9 Å². The van der Waals surface area contributed by atoms with Crippen LogP contribution in [-0.2, 0) is 45.7 Å². The van der Waals surface area contributed by atoms with Crippen LogP contribution in [0.2, 0.25) is 0 Å². The zero-order valence-electron chi connectivity index (χ0n) is 39.2. The topological polar surface area (TPSA) is 77.2 Å². The van der Waals surface area contributed by atoms with E-state index >= 15 is 0 Å². The van der Waals surface area contributed by atoms with E-state index in [0.717, 1.165) is 50.0 Å². The fourth-order valence-corrected chi connectivity index (χ4v) is 5.77. The molecule has 0 bridgehead atoms. The minimum absolute atomic E-state index is 0.704. The normalized spacial score (nSPS) is 10.5. The number of H-pyrrole nitrogens is 1. The molecule has 324 valence electrons. The average Bonchev–Trinajstić information content (AvgIpc) is 3.97. The van der Waals surface area contributed by atoms with Gasteiger partial charge in [0.2, 0.25) is 0 Å². The van der Waals surface area contributed by atoms with E-state index in [4.69, 9.17) is 0 Å². The molecule has 0 atom stereocenters. The van der Waals surface area contributed by atoms with E-state index in [-0.39, 0.29) is 0 Å². The van der Waals surface area contributed by atoms with Crippen LogP contribution >= 0.6 is 0 Å². The van der Waals surface area contributed by atoms with E-state index in [0.29, 0.717) is 17.8 Å². The molecule has 0 saturated carbocycles. The van der Waals surface area contributed by atoms with E-state index in [1.54, 1.807) is 6.33 Å². The molecule has 0 radical (unpaired) electrons. The minimum atomic E-state index is 0.704. The van der Waals surface area contributed by atoms with Crippen molar-refractivity contribution in [3.63, 3.8) is 0 Å². The molecule has 0 spiro atoms. The zero-order chi connectivity index (χ0) is 43.8. The Balaban J connectivity index is 0.000000354. The number of benzene rings is 1. The van der Waals surface area contributed by atoms with Crippen LogP contribution < -0.4 is 0 Å². The lowest BCUT2D eigenvalue weighted by atomic mass is 10.0. The fraction of sp³-hybridized carbons (Fsp3) is 0.500. The Bertz CT molecular complexity index is 1630. The molecule has 0 aliphatic rings. The molecule has 5 aromatic heterocycles. The van der Waals surface area contributed by atoms with Gasteiger partial charge >= 0.3 is 0 Å². The van der Waals surface area contributed by atoms with Crippen molar-refractivity contribution in [2.24, 2.45) is 42.6 Å². The van der Waals surface area contributed by atoms with Crippen LogP contribution in [0.5, 0.6) is 0 Å². The van der Waals surface area contributed by atoms with Gasteiger partial charge in [-0.2, -0.15) is 0 Å². The summed E-state index contributed by atoms with van der Waals surface area (Å²) in [5.41, 5.74) is 6.38. The van der Waals surface area contributed by atoms with Gasteiger partial charge in [-0.25, -0.2) is 9.97 Å². The van der Waals surface area contributed by atoms with Crippen LogP contribution in [-0.4, -0.2) is 34.1 Å². The van der Waals surface area contributed by atoms with E-state index in [9.17, 15) is 0 Å². The summed E-state index contributed by atoms with van der Waals surface area (Å²) in [6.45, 7) is 27.8. The highest BCUT2D eigenvalue weighted by atomic mass is 15.0. The Labute approximate surface area is 360 Å². The van der Waals surface area contributed by atoms with Gasteiger partial charge in [-0.1, -0.05) is 126 Å². The van der Waals surface area contributed by atoms with Crippen molar-refractivity contribution in [1.82, 2.24) is 34.1 Å². The summed E-state index contributed by atoms with van der Waals surface area (Å²) in [7, 11) is 2.00. The molecule has 1 aromatic carbocycles. The summed E-state index contributed by atoms with van der Waals surface area (Å²) < 4.78 is 4.21. The molecule has 0 fully saturated rings. The number of imidazole rings is 2. The van der Waals surface area contributed by atoms with Crippen molar-refractivity contribution >= 4 is 0 Å². The highest BCUT2D eigenvalue weighted by molar-refractivity contribution is 5.15. The molecule has 0 amide bonds. The molecule has 0 aliphatic heterocycles. The lowest BCUT2D eigenvalue weighted by Gasteiger charge is -2.04. The molecule has 7 heteroatoms. The lowest BCUT2D eigenvalue weighted by Crippen LogP contribution is -1.97. The highest BCUT2D eigenvalue weighted by Gasteiger charge is 2.00. The molecule has 59 heavy (non-hydrogen) atoms. The lowest BCUT2D eigenvalue weighted by molar-refractivity contribution is 0.517. The van der Waals surface area contributed by atoms with Gasteiger partial charge in [0.25, 0.3) is 0 Å². The van der Waals surface area contributed by atoms with E-state index in [1.165, 1.54) is 41.1 Å². The summed E-state index contributed by atoms with van der Waals surface area (Å²) >= 11 is 0. The third-order valence-electron chi connectivity index (χ3n) is 8.39. The van der Waals surface area contributed by atoms with Gasteiger partial charge in [0.05, 0.1) is 18.3 Å². The smallest absolute Gasteiger partial charge is 0.0946 e. The number of pyridine rings is 2. The second-order valence-corrected chi connectivity index (χ2v) is 17.9. The predicted molar refractivity (Wildman–Crippen MR) is 253 cm³/mol. The first-order chi connectivity index (χ1) is 28.1. The predicted octanol–water partition coefficient (Wildman–Crippen LogP) is 13.2. The summed E-state index contributed by atoms with van der Waals surface area (Å²) in [6, 6.07) is 24.9. The molecular formula is C52H81N7. The number of aryl methyl sites for hydroxylation is 2. The van der Waals surface area contributed by atoms with Gasteiger partial charge in [-0.05, 0) is 115 Å². The first-order valence-corrected chi connectivity index (χ1v) is 22.0. The van der Waals surface area contributed by atoms with Gasteiger partial charge in [0.15, 0.2) is 0 Å². The van der Waals surface area contributed by atoms with Crippen LogP contribution in [0.1, 0.15) is 118 Å². The highest BCUT2D eigenvalue weighted by Crippen LogP contribution is 2.08. The van der Waals surface area contributed by atoms with Crippen LogP contribution in [0.25, 0.3) is 0 Å². The summed E-state index contributed by atoms with van der Waals surface area (Å²) in [5.74, 6) is 4.42. The molecule has 0 aliphatic carbocycles. The Morgan fingerprint density at radius 2 is 1.08 bits per heavy atom. The van der Waals surface area contributed by atoms with Crippen molar-refractivity contribution < 1.29 is 0 Å². The number of rotatable bonds is 13. The van der Waals surface area contributed by atoms with Gasteiger partial charge in [-0.15, -0.1) is 0 Å². The Hall–Kier alpha value is -4.78. The summed E-state index contributed by atoms with van der Waals surface area (Å²) in [5, 5.41) is 0. The first kappa shape index (κ1) is 52.2. The van der Waals surface area contributed by atoms with Crippen molar-refractivity contribution in [3.05, 3.63) is 157 Å². The number of hydrogen-bond donors (Lipinski definition) is 1. The number of aromatic amines is 1. The second-order valence-electron chi connectivity index (χ2n) is 17.9. The summed E-state index contributed by atoms with van der Waals surface area (Å²) in [4.78, 5) is 19.5. The standard InChI is InChI=1S/C10H14.C9H15N.2C9H13N.C8H14N2.C7H12N2/c1-9(2)8-10-6-4-3-5-7-10;1-9(2)5-8-10-6-3-4-7-10;1-8(2)6-9-4-3-5-10-7-9;1-8(2)7-9-5-3-4-6-10-9;1-7(2)4-8-5-10(3)6-9-8;1-6(2)3-7-4-8-5-9-7/h3-7,9H,8H2,1-2H3;3-4,6-7,9H,5,8H2,1-2H3;3-5,7-8H,6H2,1-2H3;3-6,8H,7H2,1-2H3;5-7H,4H2,1-3H3;4-6H,3H2,1-2H3,(H,8,9). The largest absolute Gasteiger partial charge is 0.354 e. The van der Waals surface area contributed by atoms with Crippen molar-refractivity contribution in [2.75, 3.05) is 0 Å². The first-order valence-electron chi connectivity index (χ1n) is 22.0. The monoisotopic (exact) mass is 804 g/mol. The number of aromatic nitrogens is 7. The average molecular weight is 804 g/mol. The third kappa shape index (κ3) is 30.9. The molecule has 6 rings (SSSR count). The van der Waals surface area contributed by atoms with Crippen molar-refractivity contribution in [1.29, 1.82) is 0 Å². The molecule has 6 aromatic rings. The van der Waals surface area contributed by atoms with Gasteiger partial charge in [-0.3, -0.25) is 9.97 Å². The van der Waals surface area contributed by atoms with Gasteiger partial charge in [0, 0.05) is 68.4 Å². The number of nitrogens with zero attached hydrogens (tertiary/aromatic N) is 6. The van der Waals surface area contributed by atoms with Crippen LogP contribution in [0.3, 0.4) is 0 Å². The van der Waals surface area contributed by atoms with Crippen LogP contribution in [0, 0.1) is 35.5 Å². The number of hydrogen-bond acceptors (Lipinski definition) is 4. The molecule has 0 saturated heterocycles. The van der Waals surface area contributed by atoms with Gasteiger partial charge in [0.1, 0.15) is 0 Å². The van der Waals surface area contributed by atoms with Crippen molar-refractivity contribution in [3.8, 4) is 0 Å².